The Morgan fingerprint density at radius 3 is 2.95 bits per heavy atom. The van der Waals surface area contributed by atoms with Crippen molar-refractivity contribution in [2.45, 2.75) is 26.2 Å². The van der Waals surface area contributed by atoms with Crippen LogP contribution in [0.5, 0.6) is 0 Å². The Labute approximate surface area is 124 Å². The highest BCUT2D eigenvalue weighted by atomic mass is 35.5. The highest BCUT2D eigenvalue weighted by molar-refractivity contribution is 6.30. The van der Waals surface area contributed by atoms with Crippen LogP contribution >= 0.6 is 11.6 Å². The monoisotopic (exact) mass is 287 g/mol. The van der Waals surface area contributed by atoms with Crippen molar-refractivity contribution < 1.29 is 0 Å². The molecule has 3 rings (SSSR count). The second kappa shape index (κ2) is 5.51. The molecule has 0 aliphatic heterocycles. The first kappa shape index (κ1) is 13.5. The van der Waals surface area contributed by atoms with Crippen LogP contribution in [0.4, 0.5) is 0 Å². The van der Waals surface area contributed by atoms with Gasteiger partial charge in [0, 0.05) is 22.0 Å². The highest BCUT2D eigenvalue weighted by Gasteiger charge is 2.22. The van der Waals surface area contributed by atoms with E-state index in [4.69, 9.17) is 22.3 Å². The molecule has 0 saturated carbocycles. The van der Waals surface area contributed by atoms with Crippen molar-refractivity contribution in [3.8, 4) is 11.4 Å². The average molecular weight is 288 g/mol. The van der Waals surface area contributed by atoms with Crippen molar-refractivity contribution in [2.24, 2.45) is 11.7 Å². The van der Waals surface area contributed by atoms with Crippen molar-refractivity contribution in [3.63, 3.8) is 0 Å². The fourth-order valence-electron chi connectivity index (χ4n) is 2.82. The molecule has 0 bridgehead atoms. The number of benzene rings is 1. The van der Waals surface area contributed by atoms with Crippen LogP contribution in [-0.4, -0.2) is 16.5 Å². The van der Waals surface area contributed by atoms with Crippen LogP contribution in [0.3, 0.4) is 0 Å². The molecule has 0 amide bonds. The first-order valence-electron chi connectivity index (χ1n) is 6.99. The molecule has 2 N–H and O–H groups in total. The largest absolute Gasteiger partial charge is 0.330 e. The van der Waals surface area contributed by atoms with E-state index in [2.05, 4.69) is 11.9 Å². The molecule has 0 spiro atoms. The standard InChI is InChI=1S/C16H18ClN3/c1-10-14-7-11(9-18)5-6-15(14)20-16(19-10)12-3-2-4-13(17)8-12/h2-4,8,11H,5-7,9,18H2,1H3. The fourth-order valence-corrected chi connectivity index (χ4v) is 3.01. The second-order valence-electron chi connectivity index (χ2n) is 5.41. The molecule has 4 heteroatoms. The van der Waals surface area contributed by atoms with Gasteiger partial charge < -0.3 is 5.73 Å². The number of fused-ring (bicyclic) bond motifs is 1. The van der Waals surface area contributed by atoms with E-state index in [1.807, 2.05) is 24.3 Å². The van der Waals surface area contributed by atoms with Crippen LogP contribution in [0.1, 0.15) is 23.4 Å². The Kier molecular flexibility index (Phi) is 3.72. The molecule has 1 atom stereocenters. The zero-order valence-electron chi connectivity index (χ0n) is 11.6. The van der Waals surface area contributed by atoms with Gasteiger partial charge in [0.05, 0.1) is 0 Å². The quantitative estimate of drug-likeness (QED) is 0.923. The molecule has 104 valence electrons. The molecule has 3 nitrogen and oxygen atoms in total. The lowest BCUT2D eigenvalue weighted by atomic mass is 9.86. The van der Waals surface area contributed by atoms with Gasteiger partial charge in [0.15, 0.2) is 5.82 Å². The lowest BCUT2D eigenvalue weighted by Crippen LogP contribution is -2.24. The van der Waals surface area contributed by atoms with Gasteiger partial charge in [-0.05, 0) is 56.3 Å². The predicted molar refractivity (Wildman–Crippen MR) is 81.8 cm³/mol. The molecule has 1 aromatic carbocycles. The van der Waals surface area contributed by atoms with Gasteiger partial charge in [-0.25, -0.2) is 9.97 Å². The zero-order chi connectivity index (χ0) is 14.1. The molecule has 0 saturated heterocycles. The van der Waals surface area contributed by atoms with E-state index in [9.17, 15) is 0 Å². The maximum absolute atomic E-state index is 6.05. The number of aryl methyl sites for hydroxylation is 2. The Hall–Kier alpha value is -1.45. The number of hydrogen-bond acceptors (Lipinski definition) is 3. The molecular weight excluding hydrogens is 270 g/mol. The van der Waals surface area contributed by atoms with Gasteiger partial charge in [0.1, 0.15) is 0 Å². The molecule has 2 aromatic rings. The summed E-state index contributed by atoms with van der Waals surface area (Å²) in [6.07, 6.45) is 3.12. The van der Waals surface area contributed by atoms with Crippen molar-refractivity contribution in [1.29, 1.82) is 0 Å². The minimum absolute atomic E-state index is 0.571. The van der Waals surface area contributed by atoms with Gasteiger partial charge in [-0.3, -0.25) is 0 Å². The summed E-state index contributed by atoms with van der Waals surface area (Å²) in [4.78, 5) is 9.40. The zero-order valence-corrected chi connectivity index (χ0v) is 12.3. The van der Waals surface area contributed by atoms with Gasteiger partial charge in [-0.2, -0.15) is 0 Å². The van der Waals surface area contributed by atoms with Gasteiger partial charge in [-0.15, -0.1) is 0 Å². The Morgan fingerprint density at radius 2 is 2.20 bits per heavy atom. The molecule has 1 heterocycles. The average Bonchev–Trinajstić information content (AvgIpc) is 2.47. The molecule has 1 aliphatic carbocycles. The maximum Gasteiger partial charge on any atom is 0.159 e. The molecule has 20 heavy (non-hydrogen) atoms. The van der Waals surface area contributed by atoms with Gasteiger partial charge in [0.25, 0.3) is 0 Å². The van der Waals surface area contributed by atoms with Gasteiger partial charge in [0.2, 0.25) is 0 Å². The summed E-state index contributed by atoms with van der Waals surface area (Å²) in [5.74, 6) is 1.34. The third kappa shape index (κ3) is 2.56. The number of rotatable bonds is 2. The number of aromatic nitrogens is 2. The topological polar surface area (TPSA) is 51.8 Å². The number of hydrogen-bond donors (Lipinski definition) is 1. The summed E-state index contributed by atoms with van der Waals surface area (Å²) < 4.78 is 0. The number of halogens is 1. The molecule has 1 aromatic heterocycles. The summed E-state index contributed by atoms with van der Waals surface area (Å²) in [5, 5.41) is 0.713. The first-order valence-corrected chi connectivity index (χ1v) is 7.37. The summed E-state index contributed by atoms with van der Waals surface area (Å²) in [5.41, 5.74) is 10.3. The molecule has 1 aliphatic rings. The van der Waals surface area contributed by atoms with Crippen molar-refractivity contribution >= 4 is 11.6 Å². The van der Waals surface area contributed by atoms with Gasteiger partial charge >= 0.3 is 0 Å². The highest BCUT2D eigenvalue weighted by Crippen LogP contribution is 2.28. The van der Waals surface area contributed by atoms with Crippen molar-refractivity contribution in [2.75, 3.05) is 6.54 Å². The summed E-state index contributed by atoms with van der Waals surface area (Å²) >= 11 is 6.05. The number of nitrogens with two attached hydrogens (primary N) is 1. The molecule has 1 unspecified atom stereocenters. The number of nitrogens with zero attached hydrogens (tertiary/aromatic N) is 2. The molecular formula is C16H18ClN3. The van der Waals surface area contributed by atoms with Crippen LogP contribution in [0.25, 0.3) is 11.4 Å². The third-order valence-corrected chi connectivity index (χ3v) is 4.23. The lowest BCUT2D eigenvalue weighted by molar-refractivity contribution is 0.460. The lowest BCUT2D eigenvalue weighted by Gasteiger charge is -2.24. The van der Waals surface area contributed by atoms with Crippen molar-refractivity contribution in [3.05, 3.63) is 46.2 Å². The van der Waals surface area contributed by atoms with E-state index in [1.54, 1.807) is 0 Å². The SMILES string of the molecule is Cc1nc(-c2cccc(Cl)c2)nc2c1CC(CN)CC2. The molecule has 0 fully saturated rings. The molecule has 0 radical (unpaired) electrons. The first-order chi connectivity index (χ1) is 9.67. The Balaban J connectivity index is 2.02. The van der Waals surface area contributed by atoms with E-state index in [-0.39, 0.29) is 0 Å². The van der Waals surface area contributed by atoms with E-state index in [0.717, 1.165) is 42.9 Å². The minimum atomic E-state index is 0.571. The minimum Gasteiger partial charge on any atom is -0.330 e. The van der Waals surface area contributed by atoms with Crippen molar-refractivity contribution in [1.82, 2.24) is 9.97 Å². The Bertz CT molecular complexity index is 640. The van der Waals surface area contributed by atoms with Crippen LogP contribution in [0.15, 0.2) is 24.3 Å². The summed E-state index contributed by atoms with van der Waals surface area (Å²) in [7, 11) is 0. The fraction of sp³-hybridized carbons (Fsp3) is 0.375. The smallest absolute Gasteiger partial charge is 0.159 e. The normalized spacial score (nSPS) is 17.9. The summed E-state index contributed by atoms with van der Waals surface area (Å²) in [6.45, 7) is 2.81. The van der Waals surface area contributed by atoms with E-state index >= 15 is 0 Å². The van der Waals surface area contributed by atoms with Crippen LogP contribution in [0, 0.1) is 12.8 Å². The predicted octanol–water partition coefficient (Wildman–Crippen LogP) is 3.17. The van der Waals surface area contributed by atoms with Crippen LogP contribution in [0.2, 0.25) is 5.02 Å². The van der Waals surface area contributed by atoms with E-state index in [0.29, 0.717) is 10.9 Å². The summed E-state index contributed by atoms with van der Waals surface area (Å²) in [6, 6.07) is 7.70. The second-order valence-corrected chi connectivity index (χ2v) is 5.85. The third-order valence-electron chi connectivity index (χ3n) is 4.00. The maximum atomic E-state index is 6.05. The Morgan fingerprint density at radius 1 is 1.35 bits per heavy atom. The van der Waals surface area contributed by atoms with Crippen LogP contribution < -0.4 is 5.73 Å². The van der Waals surface area contributed by atoms with Gasteiger partial charge in [-0.1, -0.05) is 23.7 Å². The van der Waals surface area contributed by atoms with E-state index in [1.165, 1.54) is 11.3 Å². The van der Waals surface area contributed by atoms with E-state index < -0.39 is 0 Å². The van der Waals surface area contributed by atoms with Crippen LogP contribution in [-0.2, 0) is 12.8 Å².